The Morgan fingerprint density at radius 1 is 1.50 bits per heavy atom. The Labute approximate surface area is 94.1 Å². The van der Waals surface area contributed by atoms with E-state index in [1.807, 2.05) is 0 Å². The van der Waals surface area contributed by atoms with Crippen molar-refractivity contribution in [3.8, 4) is 0 Å². The van der Waals surface area contributed by atoms with Crippen molar-refractivity contribution in [2.75, 3.05) is 0 Å². The van der Waals surface area contributed by atoms with Crippen LogP contribution in [-0.4, -0.2) is 5.78 Å². The summed E-state index contributed by atoms with van der Waals surface area (Å²) in [5.41, 5.74) is 1.56. The lowest BCUT2D eigenvalue weighted by Gasteiger charge is -2.31. The number of fused-ring (bicyclic) bond motifs is 1. The molecule has 0 saturated heterocycles. The molecule has 0 aliphatic heterocycles. The Hall–Kier alpha value is -0.110. The molecule has 0 unspecified atom stereocenters. The molecule has 0 bridgehead atoms. The van der Waals surface area contributed by atoms with Gasteiger partial charge in [0.05, 0.1) is 4.48 Å². The van der Waals surface area contributed by atoms with Crippen molar-refractivity contribution in [3.63, 3.8) is 0 Å². The zero-order valence-corrected chi connectivity index (χ0v) is 10.6. The fourth-order valence-corrected chi connectivity index (χ4v) is 4.17. The van der Waals surface area contributed by atoms with Gasteiger partial charge in [-0.3, -0.25) is 4.79 Å². The highest BCUT2D eigenvalue weighted by Gasteiger charge is 2.50. The van der Waals surface area contributed by atoms with Crippen LogP contribution < -0.4 is 0 Å². The lowest BCUT2D eigenvalue weighted by atomic mass is 9.72. The zero-order chi connectivity index (χ0) is 10.5. The van der Waals surface area contributed by atoms with Crippen molar-refractivity contribution < 1.29 is 4.79 Å². The molecule has 0 spiro atoms. The van der Waals surface area contributed by atoms with Gasteiger partial charge in [-0.05, 0) is 46.2 Å². The van der Waals surface area contributed by atoms with E-state index >= 15 is 0 Å². The first kappa shape index (κ1) is 10.4. The molecule has 0 aromatic rings. The zero-order valence-electron chi connectivity index (χ0n) is 9.06. The molecular formula is C12H17BrO. The van der Waals surface area contributed by atoms with Gasteiger partial charge in [0, 0.05) is 11.8 Å². The first-order valence-electron chi connectivity index (χ1n) is 5.39. The second-order valence-electron chi connectivity index (χ2n) is 5.20. The van der Waals surface area contributed by atoms with Gasteiger partial charge in [-0.2, -0.15) is 0 Å². The highest BCUT2D eigenvalue weighted by atomic mass is 79.9. The minimum absolute atomic E-state index is 0.171. The quantitative estimate of drug-likeness (QED) is 0.700. The Morgan fingerprint density at radius 2 is 2.14 bits per heavy atom. The maximum atomic E-state index is 11.7. The fourth-order valence-electron chi connectivity index (χ4n) is 3.37. The molecule has 0 N–H and O–H groups in total. The van der Waals surface area contributed by atoms with Crippen molar-refractivity contribution >= 4 is 21.7 Å². The van der Waals surface area contributed by atoms with Gasteiger partial charge in [-0.1, -0.05) is 20.8 Å². The number of Topliss-reactive ketones (excluding diaryl/α,β-unsaturated/α-hetero) is 1. The van der Waals surface area contributed by atoms with E-state index in [9.17, 15) is 4.79 Å². The molecule has 0 aromatic heterocycles. The van der Waals surface area contributed by atoms with Crippen LogP contribution in [0.2, 0.25) is 0 Å². The van der Waals surface area contributed by atoms with Crippen LogP contribution in [0, 0.1) is 17.3 Å². The maximum absolute atomic E-state index is 11.7. The summed E-state index contributed by atoms with van der Waals surface area (Å²) in [4.78, 5) is 11.7. The van der Waals surface area contributed by atoms with Gasteiger partial charge in [-0.15, -0.1) is 0 Å². The Bertz CT molecular complexity index is 316. The first-order valence-corrected chi connectivity index (χ1v) is 6.18. The number of hydrogen-bond acceptors (Lipinski definition) is 1. The molecule has 1 fully saturated rings. The smallest absolute Gasteiger partial charge is 0.170 e. The molecule has 2 heteroatoms. The van der Waals surface area contributed by atoms with E-state index in [2.05, 4.69) is 36.7 Å². The minimum atomic E-state index is 0.171. The molecular weight excluding hydrogens is 240 g/mol. The Morgan fingerprint density at radius 3 is 2.71 bits per heavy atom. The van der Waals surface area contributed by atoms with Gasteiger partial charge in [0.1, 0.15) is 0 Å². The second kappa shape index (κ2) is 3.19. The van der Waals surface area contributed by atoms with Gasteiger partial charge in [-0.25, -0.2) is 0 Å². The third-order valence-electron chi connectivity index (χ3n) is 4.06. The first-order chi connectivity index (χ1) is 6.47. The molecule has 2 aliphatic carbocycles. The van der Waals surface area contributed by atoms with Crippen LogP contribution in [0.4, 0.5) is 0 Å². The van der Waals surface area contributed by atoms with Gasteiger partial charge < -0.3 is 0 Å². The number of carbonyl (C=O) groups is 1. The number of rotatable bonds is 1. The molecule has 2 aliphatic rings. The van der Waals surface area contributed by atoms with E-state index in [0.717, 1.165) is 17.3 Å². The van der Waals surface area contributed by atoms with Crippen LogP contribution in [0.25, 0.3) is 0 Å². The van der Waals surface area contributed by atoms with Gasteiger partial charge in [0.15, 0.2) is 5.78 Å². The second-order valence-corrected chi connectivity index (χ2v) is 5.99. The SMILES string of the molecule is CC(C)[C@H]1CCC2=C(Br)C(=O)C[C@@]21C. The lowest BCUT2D eigenvalue weighted by Crippen LogP contribution is -2.26. The average Bonchev–Trinajstić information content (AvgIpc) is 2.49. The van der Waals surface area contributed by atoms with E-state index in [-0.39, 0.29) is 5.41 Å². The molecule has 2 atom stereocenters. The largest absolute Gasteiger partial charge is 0.294 e. The number of ketones is 1. The molecule has 14 heavy (non-hydrogen) atoms. The molecule has 0 heterocycles. The molecule has 1 nitrogen and oxygen atoms in total. The molecule has 0 radical (unpaired) electrons. The number of allylic oxidation sites excluding steroid dienone is 2. The summed E-state index contributed by atoms with van der Waals surface area (Å²) in [7, 11) is 0. The number of halogens is 1. The van der Waals surface area contributed by atoms with E-state index in [1.165, 1.54) is 12.0 Å². The summed E-state index contributed by atoms with van der Waals surface area (Å²) in [6.45, 7) is 6.82. The van der Waals surface area contributed by atoms with Crippen LogP contribution in [0.5, 0.6) is 0 Å². The van der Waals surface area contributed by atoms with Crippen molar-refractivity contribution in [2.45, 2.75) is 40.0 Å². The van der Waals surface area contributed by atoms with Crippen molar-refractivity contribution in [2.24, 2.45) is 17.3 Å². The predicted octanol–water partition coefficient (Wildman–Crippen LogP) is 3.68. The average molecular weight is 257 g/mol. The highest BCUT2D eigenvalue weighted by molar-refractivity contribution is 9.12. The molecule has 0 amide bonds. The van der Waals surface area contributed by atoms with Crippen LogP contribution >= 0.6 is 15.9 Å². The molecule has 0 aromatic carbocycles. The third kappa shape index (κ3) is 1.23. The van der Waals surface area contributed by atoms with E-state index in [0.29, 0.717) is 17.6 Å². The summed E-state index contributed by atoms with van der Waals surface area (Å²) in [6, 6.07) is 0. The van der Waals surface area contributed by atoms with Crippen LogP contribution in [0.1, 0.15) is 40.0 Å². The van der Waals surface area contributed by atoms with E-state index in [1.54, 1.807) is 0 Å². The minimum Gasteiger partial charge on any atom is -0.294 e. The van der Waals surface area contributed by atoms with E-state index in [4.69, 9.17) is 0 Å². The van der Waals surface area contributed by atoms with Crippen molar-refractivity contribution in [1.29, 1.82) is 0 Å². The summed E-state index contributed by atoms with van der Waals surface area (Å²) in [6.07, 6.45) is 3.10. The molecule has 1 saturated carbocycles. The fraction of sp³-hybridized carbons (Fsp3) is 0.750. The topological polar surface area (TPSA) is 17.1 Å². The molecule has 2 rings (SSSR count). The van der Waals surface area contributed by atoms with Crippen molar-refractivity contribution in [1.82, 2.24) is 0 Å². The monoisotopic (exact) mass is 256 g/mol. The van der Waals surface area contributed by atoms with Gasteiger partial charge in [0.25, 0.3) is 0 Å². The summed E-state index contributed by atoms with van der Waals surface area (Å²) in [5.74, 6) is 1.69. The van der Waals surface area contributed by atoms with E-state index < -0.39 is 0 Å². The van der Waals surface area contributed by atoms with Gasteiger partial charge >= 0.3 is 0 Å². The van der Waals surface area contributed by atoms with Crippen molar-refractivity contribution in [3.05, 3.63) is 10.1 Å². The van der Waals surface area contributed by atoms with Crippen LogP contribution in [-0.2, 0) is 4.79 Å². The normalized spacial score (nSPS) is 37.2. The Balaban J connectivity index is 2.40. The van der Waals surface area contributed by atoms with Gasteiger partial charge in [0.2, 0.25) is 0 Å². The summed E-state index contributed by atoms with van der Waals surface area (Å²) < 4.78 is 0.892. The molecule has 78 valence electrons. The predicted molar refractivity (Wildman–Crippen MR) is 61.2 cm³/mol. The number of carbonyl (C=O) groups excluding carboxylic acids is 1. The maximum Gasteiger partial charge on any atom is 0.170 e. The summed E-state index contributed by atoms with van der Waals surface area (Å²) in [5, 5.41) is 0. The third-order valence-corrected chi connectivity index (χ3v) is 4.98. The Kier molecular flexibility index (Phi) is 2.37. The van der Waals surface area contributed by atoms with Crippen LogP contribution in [0.15, 0.2) is 10.1 Å². The highest BCUT2D eigenvalue weighted by Crippen LogP contribution is 2.58. The summed E-state index contributed by atoms with van der Waals surface area (Å²) >= 11 is 3.45. The van der Waals surface area contributed by atoms with Crippen LogP contribution in [0.3, 0.4) is 0 Å². The standard InChI is InChI=1S/C12H17BrO/c1-7(2)8-4-5-9-11(13)10(14)6-12(8,9)3/h7-8H,4-6H2,1-3H3/t8-,12-/m1/s1. The lowest BCUT2D eigenvalue weighted by molar-refractivity contribution is -0.115. The number of hydrogen-bond donors (Lipinski definition) is 0.